The van der Waals surface area contributed by atoms with E-state index in [4.69, 9.17) is 0 Å². The van der Waals surface area contributed by atoms with Crippen LogP contribution in [0.3, 0.4) is 0 Å². The summed E-state index contributed by atoms with van der Waals surface area (Å²) < 4.78 is 13.9. The number of aromatic nitrogens is 2. The Hall–Kier alpha value is -3.52. The van der Waals surface area contributed by atoms with E-state index in [1.165, 1.54) is 12.1 Å². The van der Waals surface area contributed by atoms with E-state index in [2.05, 4.69) is 27.1 Å². The third-order valence-electron chi connectivity index (χ3n) is 3.13. The first-order valence-electron chi connectivity index (χ1n) is 7.17. The summed E-state index contributed by atoms with van der Waals surface area (Å²) in [6.45, 7) is 0. The van der Waals surface area contributed by atoms with Gasteiger partial charge in [0.2, 0.25) is 0 Å². The fourth-order valence-corrected chi connectivity index (χ4v) is 2.01. The molecule has 1 N–H and O–H groups in total. The summed E-state index contributed by atoms with van der Waals surface area (Å²) in [5.74, 6) is 4.46. The van der Waals surface area contributed by atoms with Gasteiger partial charge in [-0.15, -0.1) is 0 Å². The summed E-state index contributed by atoms with van der Waals surface area (Å²) in [7, 11) is 0. The van der Waals surface area contributed by atoms with Gasteiger partial charge in [-0.3, -0.25) is 4.79 Å². The summed E-state index contributed by atoms with van der Waals surface area (Å²) in [6, 6.07) is 15.1. The quantitative estimate of drug-likeness (QED) is 0.738. The van der Waals surface area contributed by atoms with Crippen molar-refractivity contribution in [2.24, 2.45) is 0 Å². The molecule has 5 heteroatoms. The monoisotopic (exact) mass is 317 g/mol. The lowest BCUT2D eigenvalue weighted by Crippen LogP contribution is -2.10. The molecule has 3 rings (SSSR count). The average molecular weight is 317 g/mol. The van der Waals surface area contributed by atoms with Crippen molar-refractivity contribution in [3.8, 4) is 23.2 Å². The van der Waals surface area contributed by atoms with Crippen molar-refractivity contribution in [2.45, 2.75) is 0 Å². The molecule has 24 heavy (non-hydrogen) atoms. The number of carbonyl (C=O) groups is 1. The number of rotatable bonds is 2. The number of carbonyl (C=O) groups excluding carboxylic acids is 1. The first kappa shape index (κ1) is 15.4. The smallest absolute Gasteiger partial charge is 0.300 e. The van der Waals surface area contributed by atoms with Crippen molar-refractivity contribution in [1.29, 1.82) is 0 Å². The van der Waals surface area contributed by atoms with Gasteiger partial charge in [-0.1, -0.05) is 24.1 Å². The minimum absolute atomic E-state index is 0.0346. The summed E-state index contributed by atoms with van der Waals surface area (Å²) in [5.41, 5.74) is 1.34. The summed E-state index contributed by atoms with van der Waals surface area (Å²) in [6.07, 6.45) is 3.19. The number of amides is 1. The zero-order valence-electron chi connectivity index (χ0n) is 12.5. The molecule has 3 aromatic rings. The van der Waals surface area contributed by atoms with E-state index in [0.717, 1.165) is 0 Å². The van der Waals surface area contributed by atoms with Crippen LogP contribution in [0, 0.1) is 17.7 Å². The molecule has 1 aromatic heterocycles. The van der Waals surface area contributed by atoms with Crippen LogP contribution < -0.4 is 5.32 Å². The van der Waals surface area contributed by atoms with Crippen LogP contribution >= 0.6 is 0 Å². The Bertz CT molecular complexity index is 916. The zero-order valence-corrected chi connectivity index (χ0v) is 12.5. The number of halogens is 1. The number of hydrogen-bond acceptors (Lipinski definition) is 3. The molecule has 0 bridgehead atoms. The SMILES string of the molecule is O=C(C#Cc1ccccc1)Nc1cc(-c2ncccn2)ccc1F. The molecule has 0 unspecified atom stereocenters. The van der Waals surface area contributed by atoms with Crippen LogP contribution in [-0.2, 0) is 4.79 Å². The van der Waals surface area contributed by atoms with E-state index in [1.54, 1.807) is 36.7 Å². The zero-order chi connectivity index (χ0) is 16.8. The third kappa shape index (κ3) is 3.81. The summed E-state index contributed by atoms with van der Waals surface area (Å²) >= 11 is 0. The highest BCUT2D eigenvalue weighted by atomic mass is 19.1. The van der Waals surface area contributed by atoms with Crippen LogP contribution in [0.5, 0.6) is 0 Å². The number of nitrogens with zero attached hydrogens (tertiary/aromatic N) is 2. The van der Waals surface area contributed by atoms with Gasteiger partial charge in [-0.2, -0.15) is 0 Å². The Morgan fingerprint density at radius 2 is 1.75 bits per heavy atom. The Balaban J connectivity index is 1.80. The highest BCUT2D eigenvalue weighted by Crippen LogP contribution is 2.22. The second-order valence-corrected chi connectivity index (χ2v) is 4.84. The molecule has 116 valence electrons. The van der Waals surface area contributed by atoms with Gasteiger partial charge in [0.15, 0.2) is 5.82 Å². The number of anilines is 1. The fourth-order valence-electron chi connectivity index (χ4n) is 2.01. The van der Waals surface area contributed by atoms with Crippen LogP contribution in [-0.4, -0.2) is 15.9 Å². The van der Waals surface area contributed by atoms with Gasteiger partial charge < -0.3 is 5.32 Å². The molecule has 0 spiro atoms. The lowest BCUT2D eigenvalue weighted by molar-refractivity contribution is -0.111. The molecule has 2 aromatic carbocycles. The minimum Gasteiger partial charge on any atom is -0.313 e. The largest absolute Gasteiger partial charge is 0.313 e. The fraction of sp³-hybridized carbons (Fsp3) is 0. The normalized spacial score (nSPS) is 9.71. The standard InChI is InChI=1S/C19H12FN3O/c20-16-9-8-15(19-21-11-4-12-22-19)13-17(16)23-18(24)10-7-14-5-2-1-3-6-14/h1-6,8-9,11-13H,(H,23,24). The third-order valence-corrected chi connectivity index (χ3v) is 3.13. The highest BCUT2D eigenvalue weighted by Gasteiger charge is 2.08. The van der Waals surface area contributed by atoms with Crippen molar-refractivity contribution in [1.82, 2.24) is 9.97 Å². The van der Waals surface area contributed by atoms with Crippen LogP contribution in [0.4, 0.5) is 10.1 Å². The Labute approximate surface area is 138 Å². The molecule has 1 amide bonds. The van der Waals surface area contributed by atoms with Gasteiger partial charge in [-0.25, -0.2) is 14.4 Å². The maximum Gasteiger partial charge on any atom is 0.300 e. The molecule has 0 radical (unpaired) electrons. The van der Waals surface area contributed by atoms with Gasteiger partial charge in [0.25, 0.3) is 0 Å². The predicted octanol–water partition coefficient (Wildman–Crippen LogP) is 3.27. The van der Waals surface area contributed by atoms with Crippen molar-refractivity contribution >= 4 is 11.6 Å². The molecule has 0 atom stereocenters. The molecule has 1 heterocycles. The first-order chi connectivity index (χ1) is 11.7. The van der Waals surface area contributed by atoms with Crippen molar-refractivity contribution in [2.75, 3.05) is 5.32 Å². The van der Waals surface area contributed by atoms with E-state index in [1.807, 2.05) is 18.2 Å². The molecular weight excluding hydrogens is 305 g/mol. The maximum atomic E-state index is 13.9. The number of benzene rings is 2. The lowest BCUT2D eigenvalue weighted by atomic mass is 10.1. The van der Waals surface area contributed by atoms with Gasteiger partial charge in [0.05, 0.1) is 5.69 Å². The van der Waals surface area contributed by atoms with Crippen molar-refractivity contribution < 1.29 is 9.18 Å². The predicted molar refractivity (Wildman–Crippen MR) is 89.4 cm³/mol. The van der Waals surface area contributed by atoms with E-state index in [-0.39, 0.29) is 5.69 Å². The first-order valence-corrected chi connectivity index (χ1v) is 7.17. The number of hydrogen-bond donors (Lipinski definition) is 1. The number of nitrogens with one attached hydrogen (secondary N) is 1. The van der Waals surface area contributed by atoms with Gasteiger partial charge in [-0.05, 0) is 36.4 Å². The summed E-state index contributed by atoms with van der Waals surface area (Å²) in [5, 5.41) is 2.45. The summed E-state index contributed by atoms with van der Waals surface area (Å²) in [4.78, 5) is 20.1. The molecule has 0 aliphatic heterocycles. The topological polar surface area (TPSA) is 54.9 Å². The van der Waals surface area contributed by atoms with Crippen LogP contribution in [0.15, 0.2) is 67.0 Å². The van der Waals surface area contributed by atoms with Crippen LogP contribution in [0.1, 0.15) is 5.56 Å². The second kappa shape index (κ2) is 7.16. The van der Waals surface area contributed by atoms with E-state index in [0.29, 0.717) is 17.0 Å². The molecule has 0 saturated heterocycles. The van der Waals surface area contributed by atoms with Gasteiger partial charge in [0, 0.05) is 29.4 Å². The lowest BCUT2D eigenvalue weighted by Gasteiger charge is -2.05. The van der Waals surface area contributed by atoms with Crippen LogP contribution in [0.25, 0.3) is 11.4 Å². The van der Waals surface area contributed by atoms with Crippen molar-refractivity contribution in [3.63, 3.8) is 0 Å². The van der Waals surface area contributed by atoms with E-state index < -0.39 is 11.7 Å². The van der Waals surface area contributed by atoms with Crippen molar-refractivity contribution in [3.05, 3.63) is 78.4 Å². The molecule has 0 fully saturated rings. The minimum atomic E-state index is -0.594. The van der Waals surface area contributed by atoms with Gasteiger partial charge >= 0.3 is 5.91 Å². The Morgan fingerprint density at radius 3 is 2.50 bits per heavy atom. The van der Waals surface area contributed by atoms with E-state index >= 15 is 0 Å². The second-order valence-electron chi connectivity index (χ2n) is 4.84. The Kier molecular flexibility index (Phi) is 4.59. The van der Waals surface area contributed by atoms with Gasteiger partial charge in [0.1, 0.15) is 5.82 Å². The molecule has 0 aliphatic rings. The molecular formula is C19H12FN3O. The molecule has 4 nitrogen and oxygen atoms in total. The Morgan fingerprint density at radius 1 is 1.00 bits per heavy atom. The average Bonchev–Trinajstić information content (AvgIpc) is 2.63. The molecule has 0 aliphatic carbocycles. The highest BCUT2D eigenvalue weighted by molar-refractivity contribution is 6.04. The maximum absolute atomic E-state index is 13.9. The van der Waals surface area contributed by atoms with Crippen LogP contribution in [0.2, 0.25) is 0 Å². The van der Waals surface area contributed by atoms with E-state index in [9.17, 15) is 9.18 Å². The molecule has 0 saturated carbocycles.